The maximum absolute atomic E-state index is 11.5. The third-order valence-electron chi connectivity index (χ3n) is 2.49. The molecule has 0 atom stereocenters. The monoisotopic (exact) mass is 277 g/mol. The van der Waals surface area contributed by atoms with Crippen molar-refractivity contribution in [1.29, 1.82) is 0 Å². The van der Waals surface area contributed by atoms with Crippen molar-refractivity contribution in [1.82, 2.24) is 0 Å². The number of hydrogen-bond acceptors (Lipinski definition) is 4. The second kappa shape index (κ2) is 5.63. The van der Waals surface area contributed by atoms with Crippen LogP contribution in [0.2, 0.25) is 5.02 Å². The van der Waals surface area contributed by atoms with E-state index in [2.05, 4.69) is 4.74 Å². The van der Waals surface area contributed by atoms with Gasteiger partial charge in [-0.3, -0.25) is 0 Å². The molecular formula is C14H12ClNO3. The zero-order valence-corrected chi connectivity index (χ0v) is 11.0. The van der Waals surface area contributed by atoms with E-state index in [0.717, 1.165) is 0 Å². The van der Waals surface area contributed by atoms with Gasteiger partial charge in [-0.15, -0.1) is 0 Å². The molecule has 0 saturated carbocycles. The number of para-hydroxylation sites is 1. The predicted octanol–water partition coefficient (Wildman–Crippen LogP) is 3.50. The minimum Gasteiger partial charge on any atom is -0.465 e. The Labute approximate surface area is 115 Å². The van der Waals surface area contributed by atoms with Crippen molar-refractivity contribution in [2.75, 3.05) is 12.8 Å². The molecule has 0 saturated heterocycles. The summed E-state index contributed by atoms with van der Waals surface area (Å²) < 4.78 is 10.3. The molecule has 2 aromatic carbocycles. The quantitative estimate of drug-likeness (QED) is 0.689. The number of carbonyl (C=O) groups excluding carboxylic acids is 1. The van der Waals surface area contributed by atoms with Gasteiger partial charge in [0.05, 0.1) is 23.4 Å². The summed E-state index contributed by atoms with van der Waals surface area (Å²) in [6.45, 7) is 0. The summed E-state index contributed by atoms with van der Waals surface area (Å²) in [7, 11) is 1.31. The van der Waals surface area contributed by atoms with E-state index in [0.29, 0.717) is 27.8 Å². The molecule has 0 aromatic heterocycles. The topological polar surface area (TPSA) is 61.5 Å². The summed E-state index contributed by atoms with van der Waals surface area (Å²) in [6.07, 6.45) is 0. The summed E-state index contributed by atoms with van der Waals surface area (Å²) in [5.74, 6) is 0.373. The molecule has 4 nitrogen and oxygen atoms in total. The molecule has 0 aliphatic rings. The van der Waals surface area contributed by atoms with Crippen LogP contribution in [0.25, 0.3) is 0 Å². The highest BCUT2D eigenvalue weighted by molar-refractivity contribution is 6.32. The number of esters is 1. The SMILES string of the molecule is COC(=O)c1ccc(N)c(Oc2ccccc2Cl)c1. The van der Waals surface area contributed by atoms with E-state index in [4.69, 9.17) is 22.1 Å². The van der Waals surface area contributed by atoms with Crippen LogP contribution >= 0.6 is 11.6 Å². The highest BCUT2D eigenvalue weighted by Crippen LogP contribution is 2.32. The summed E-state index contributed by atoms with van der Waals surface area (Å²) in [5, 5.41) is 0.463. The molecule has 98 valence electrons. The normalized spacial score (nSPS) is 10.0. The van der Waals surface area contributed by atoms with Gasteiger partial charge in [0.15, 0.2) is 5.75 Å². The van der Waals surface area contributed by atoms with Crippen molar-refractivity contribution < 1.29 is 14.3 Å². The lowest BCUT2D eigenvalue weighted by atomic mass is 10.2. The number of ether oxygens (including phenoxy) is 2. The molecule has 0 unspecified atom stereocenters. The number of methoxy groups -OCH3 is 1. The minimum absolute atomic E-state index is 0.357. The average Bonchev–Trinajstić information content (AvgIpc) is 2.42. The Hall–Kier alpha value is -2.20. The zero-order valence-electron chi connectivity index (χ0n) is 10.2. The number of rotatable bonds is 3. The molecule has 0 aliphatic carbocycles. The molecule has 0 radical (unpaired) electrons. The second-order valence-corrected chi connectivity index (χ2v) is 4.18. The van der Waals surface area contributed by atoms with Crippen LogP contribution in [0.3, 0.4) is 0 Å². The van der Waals surface area contributed by atoms with Gasteiger partial charge in [0, 0.05) is 0 Å². The fourth-order valence-electron chi connectivity index (χ4n) is 1.51. The van der Waals surface area contributed by atoms with Crippen molar-refractivity contribution in [3.8, 4) is 11.5 Å². The number of anilines is 1. The minimum atomic E-state index is -0.455. The Morgan fingerprint density at radius 3 is 2.58 bits per heavy atom. The van der Waals surface area contributed by atoms with Crippen LogP contribution in [0.15, 0.2) is 42.5 Å². The van der Waals surface area contributed by atoms with Crippen molar-refractivity contribution in [3.05, 3.63) is 53.1 Å². The van der Waals surface area contributed by atoms with E-state index in [1.54, 1.807) is 36.4 Å². The Morgan fingerprint density at radius 2 is 1.89 bits per heavy atom. The van der Waals surface area contributed by atoms with Gasteiger partial charge in [-0.25, -0.2) is 4.79 Å². The molecular weight excluding hydrogens is 266 g/mol. The number of nitrogens with two attached hydrogens (primary N) is 1. The van der Waals surface area contributed by atoms with Crippen molar-refractivity contribution >= 4 is 23.3 Å². The maximum Gasteiger partial charge on any atom is 0.337 e. The van der Waals surface area contributed by atoms with Gasteiger partial charge in [0.2, 0.25) is 0 Å². The van der Waals surface area contributed by atoms with E-state index < -0.39 is 5.97 Å². The lowest BCUT2D eigenvalue weighted by Gasteiger charge is -2.10. The van der Waals surface area contributed by atoms with Gasteiger partial charge in [-0.2, -0.15) is 0 Å². The molecule has 2 rings (SSSR count). The van der Waals surface area contributed by atoms with Crippen LogP contribution in [0, 0.1) is 0 Å². The Balaban J connectivity index is 2.34. The lowest BCUT2D eigenvalue weighted by molar-refractivity contribution is 0.0600. The highest BCUT2D eigenvalue weighted by Gasteiger charge is 2.11. The molecule has 19 heavy (non-hydrogen) atoms. The first-order chi connectivity index (χ1) is 9.11. The first kappa shape index (κ1) is 13.2. The van der Waals surface area contributed by atoms with Crippen molar-refractivity contribution in [2.24, 2.45) is 0 Å². The van der Waals surface area contributed by atoms with E-state index in [1.165, 1.54) is 13.2 Å². The largest absolute Gasteiger partial charge is 0.465 e. The smallest absolute Gasteiger partial charge is 0.337 e. The van der Waals surface area contributed by atoms with E-state index >= 15 is 0 Å². The van der Waals surface area contributed by atoms with E-state index in [1.807, 2.05) is 0 Å². The number of benzene rings is 2. The van der Waals surface area contributed by atoms with E-state index in [-0.39, 0.29) is 0 Å². The molecule has 0 spiro atoms. The number of nitrogen functional groups attached to an aromatic ring is 1. The Bertz CT molecular complexity index is 613. The summed E-state index contributed by atoms with van der Waals surface area (Å²) >= 11 is 6.00. The van der Waals surface area contributed by atoms with Crippen molar-refractivity contribution in [3.63, 3.8) is 0 Å². The second-order valence-electron chi connectivity index (χ2n) is 3.78. The van der Waals surface area contributed by atoms with Gasteiger partial charge < -0.3 is 15.2 Å². The Morgan fingerprint density at radius 1 is 1.16 bits per heavy atom. The molecule has 0 bridgehead atoms. The molecule has 0 aliphatic heterocycles. The summed E-state index contributed by atoms with van der Waals surface area (Å²) in [6, 6.07) is 11.7. The van der Waals surface area contributed by atoms with Gasteiger partial charge in [-0.05, 0) is 30.3 Å². The number of hydrogen-bond donors (Lipinski definition) is 1. The van der Waals surface area contributed by atoms with Crippen LogP contribution in [-0.2, 0) is 4.74 Å². The van der Waals surface area contributed by atoms with Crippen LogP contribution in [0.4, 0.5) is 5.69 Å². The third kappa shape index (κ3) is 2.98. The fourth-order valence-corrected chi connectivity index (χ4v) is 1.69. The van der Waals surface area contributed by atoms with Gasteiger partial charge in [0.1, 0.15) is 5.75 Å². The van der Waals surface area contributed by atoms with Gasteiger partial charge >= 0.3 is 5.97 Å². The predicted molar refractivity (Wildman–Crippen MR) is 73.7 cm³/mol. The zero-order chi connectivity index (χ0) is 13.8. The third-order valence-corrected chi connectivity index (χ3v) is 2.80. The summed E-state index contributed by atoms with van der Waals surface area (Å²) in [5.41, 5.74) is 6.58. The van der Waals surface area contributed by atoms with Crippen LogP contribution in [0.5, 0.6) is 11.5 Å². The molecule has 0 amide bonds. The standard InChI is InChI=1S/C14H12ClNO3/c1-18-14(17)9-6-7-11(16)13(8-9)19-12-5-3-2-4-10(12)15/h2-8H,16H2,1H3. The van der Waals surface area contributed by atoms with E-state index in [9.17, 15) is 4.79 Å². The van der Waals surface area contributed by atoms with Crippen LogP contribution < -0.4 is 10.5 Å². The fraction of sp³-hybridized carbons (Fsp3) is 0.0714. The molecule has 0 heterocycles. The van der Waals surface area contributed by atoms with Crippen molar-refractivity contribution in [2.45, 2.75) is 0 Å². The Kier molecular flexibility index (Phi) is 3.92. The van der Waals surface area contributed by atoms with Crippen LogP contribution in [0.1, 0.15) is 10.4 Å². The first-order valence-corrected chi connectivity index (χ1v) is 5.90. The average molecular weight is 278 g/mol. The number of carbonyl (C=O) groups is 1. The molecule has 2 N–H and O–H groups in total. The van der Waals surface area contributed by atoms with Gasteiger partial charge in [-0.1, -0.05) is 23.7 Å². The molecule has 2 aromatic rings. The highest BCUT2D eigenvalue weighted by atomic mass is 35.5. The molecule has 0 fully saturated rings. The van der Waals surface area contributed by atoms with Crippen LogP contribution in [-0.4, -0.2) is 13.1 Å². The number of halogens is 1. The van der Waals surface area contributed by atoms with Gasteiger partial charge in [0.25, 0.3) is 0 Å². The maximum atomic E-state index is 11.5. The molecule has 5 heteroatoms. The lowest BCUT2D eigenvalue weighted by Crippen LogP contribution is -2.02. The summed E-state index contributed by atoms with van der Waals surface area (Å²) in [4.78, 5) is 11.5. The first-order valence-electron chi connectivity index (χ1n) is 5.52.